The van der Waals surface area contributed by atoms with Gasteiger partial charge in [0, 0.05) is 13.1 Å². The van der Waals surface area contributed by atoms with Crippen LogP contribution in [0.2, 0.25) is 0 Å². The Morgan fingerprint density at radius 3 is 2.37 bits per heavy atom. The molecule has 0 aliphatic carbocycles. The molecule has 0 spiro atoms. The zero-order chi connectivity index (χ0) is 21.7. The fourth-order valence-corrected chi connectivity index (χ4v) is 3.82. The largest absolute Gasteiger partial charge is 0.493 e. The maximum Gasteiger partial charge on any atom is 0.416 e. The standard InChI is InChI=1S/C23H29F3N2O2/c1-4-28(5-2)12-13-30-21-15-19-17(14-20(21)29-3)10-11-27-22(19)16-6-8-18(9-7-16)23(24,25)26/h6-9,14-15,22,27H,4-5,10-13H2,1-3H3. The van der Waals surface area contributed by atoms with E-state index < -0.39 is 11.7 Å². The molecule has 4 nitrogen and oxygen atoms in total. The molecule has 0 saturated heterocycles. The summed E-state index contributed by atoms with van der Waals surface area (Å²) in [6.07, 6.45) is -3.52. The van der Waals surface area contributed by atoms with Crippen molar-refractivity contribution in [2.45, 2.75) is 32.5 Å². The highest BCUT2D eigenvalue weighted by Crippen LogP contribution is 2.38. The van der Waals surface area contributed by atoms with E-state index in [1.807, 2.05) is 12.1 Å². The first-order chi connectivity index (χ1) is 14.4. The van der Waals surface area contributed by atoms with Gasteiger partial charge in [-0.1, -0.05) is 26.0 Å². The highest BCUT2D eigenvalue weighted by atomic mass is 19.4. The second kappa shape index (κ2) is 9.71. The van der Waals surface area contributed by atoms with Crippen molar-refractivity contribution in [3.8, 4) is 11.5 Å². The number of hydrogen-bond acceptors (Lipinski definition) is 4. The normalized spacial score (nSPS) is 16.4. The molecule has 1 atom stereocenters. The number of fused-ring (bicyclic) bond motifs is 1. The van der Waals surface area contributed by atoms with Crippen LogP contribution in [0.1, 0.15) is 42.1 Å². The van der Waals surface area contributed by atoms with Gasteiger partial charge in [-0.25, -0.2) is 0 Å². The highest BCUT2D eigenvalue weighted by Gasteiger charge is 2.31. The van der Waals surface area contributed by atoms with Crippen molar-refractivity contribution in [2.75, 3.05) is 39.9 Å². The lowest BCUT2D eigenvalue weighted by atomic mass is 9.89. The average molecular weight is 422 g/mol. The van der Waals surface area contributed by atoms with E-state index in [1.165, 1.54) is 0 Å². The van der Waals surface area contributed by atoms with Gasteiger partial charge in [0.1, 0.15) is 6.61 Å². The molecule has 0 aromatic heterocycles. The van der Waals surface area contributed by atoms with Crippen LogP contribution in [0.4, 0.5) is 13.2 Å². The Bertz CT molecular complexity index is 834. The first-order valence-corrected chi connectivity index (χ1v) is 10.3. The SMILES string of the molecule is CCN(CC)CCOc1cc2c(cc1OC)CCNC2c1ccc(C(F)(F)F)cc1. The molecule has 7 heteroatoms. The van der Waals surface area contributed by atoms with Crippen LogP contribution >= 0.6 is 0 Å². The molecule has 1 aliphatic rings. The number of benzene rings is 2. The van der Waals surface area contributed by atoms with Gasteiger partial charge in [0.05, 0.1) is 18.7 Å². The van der Waals surface area contributed by atoms with Gasteiger partial charge in [-0.3, -0.25) is 0 Å². The van der Waals surface area contributed by atoms with Crippen molar-refractivity contribution < 1.29 is 22.6 Å². The van der Waals surface area contributed by atoms with Crippen LogP contribution in [-0.4, -0.2) is 44.8 Å². The van der Waals surface area contributed by atoms with Crippen LogP contribution in [0.5, 0.6) is 11.5 Å². The lowest BCUT2D eigenvalue weighted by Gasteiger charge is -2.29. The quantitative estimate of drug-likeness (QED) is 0.670. The van der Waals surface area contributed by atoms with Gasteiger partial charge >= 0.3 is 6.18 Å². The smallest absolute Gasteiger partial charge is 0.416 e. The number of nitrogens with zero attached hydrogens (tertiary/aromatic N) is 1. The van der Waals surface area contributed by atoms with Crippen molar-refractivity contribution in [3.05, 3.63) is 58.7 Å². The van der Waals surface area contributed by atoms with Crippen LogP contribution in [0, 0.1) is 0 Å². The number of nitrogens with one attached hydrogen (secondary N) is 1. The third-order valence-electron chi connectivity index (χ3n) is 5.61. The van der Waals surface area contributed by atoms with Gasteiger partial charge in [-0.15, -0.1) is 0 Å². The second-order valence-electron chi connectivity index (χ2n) is 7.33. The zero-order valence-electron chi connectivity index (χ0n) is 17.7. The fraction of sp³-hybridized carbons (Fsp3) is 0.478. The van der Waals surface area contributed by atoms with Gasteiger partial charge in [-0.05, 0) is 60.5 Å². The predicted octanol–water partition coefficient (Wildman–Crippen LogP) is 4.67. The predicted molar refractivity (Wildman–Crippen MR) is 111 cm³/mol. The van der Waals surface area contributed by atoms with E-state index >= 15 is 0 Å². The molecule has 30 heavy (non-hydrogen) atoms. The topological polar surface area (TPSA) is 33.7 Å². The molecule has 3 rings (SSSR count). The molecule has 0 saturated carbocycles. The van der Waals surface area contributed by atoms with Crippen LogP contribution in [-0.2, 0) is 12.6 Å². The van der Waals surface area contributed by atoms with Crippen LogP contribution in [0.15, 0.2) is 36.4 Å². The maximum absolute atomic E-state index is 12.9. The van der Waals surface area contributed by atoms with Crippen molar-refractivity contribution in [1.29, 1.82) is 0 Å². The number of methoxy groups -OCH3 is 1. The number of hydrogen-bond donors (Lipinski definition) is 1. The summed E-state index contributed by atoms with van der Waals surface area (Å²) in [5, 5.41) is 3.42. The first kappa shape index (κ1) is 22.4. The summed E-state index contributed by atoms with van der Waals surface area (Å²) < 4.78 is 50.3. The summed E-state index contributed by atoms with van der Waals surface area (Å²) in [5.74, 6) is 1.34. The minimum Gasteiger partial charge on any atom is -0.493 e. The van der Waals surface area contributed by atoms with Crippen molar-refractivity contribution in [2.24, 2.45) is 0 Å². The Morgan fingerprint density at radius 2 is 1.77 bits per heavy atom. The summed E-state index contributed by atoms with van der Waals surface area (Å²) >= 11 is 0. The summed E-state index contributed by atoms with van der Waals surface area (Å²) in [5.41, 5.74) is 2.28. The zero-order valence-corrected chi connectivity index (χ0v) is 17.7. The molecule has 1 aliphatic heterocycles. The van der Waals surface area contributed by atoms with Crippen molar-refractivity contribution in [3.63, 3.8) is 0 Å². The molecule has 0 fully saturated rings. The van der Waals surface area contributed by atoms with E-state index in [2.05, 4.69) is 24.1 Å². The molecule has 1 unspecified atom stereocenters. The lowest BCUT2D eigenvalue weighted by Crippen LogP contribution is -2.31. The van der Waals surface area contributed by atoms with Crippen molar-refractivity contribution >= 4 is 0 Å². The molecular weight excluding hydrogens is 393 g/mol. The molecule has 2 aromatic carbocycles. The van der Waals surface area contributed by atoms with Gasteiger partial charge in [0.25, 0.3) is 0 Å². The summed E-state index contributed by atoms with van der Waals surface area (Å²) in [6, 6.07) is 9.12. The molecule has 0 bridgehead atoms. The molecule has 1 heterocycles. The molecule has 0 radical (unpaired) electrons. The summed E-state index contributed by atoms with van der Waals surface area (Å²) in [7, 11) is 1.62. The molecule has 1 N–H and O–H groups in total. The number of alkyl halides is 3. The second-order valence-corrected chi connectivity index (χ2v) is 7.33. The third-order valence-corrected chi connectivity index (χ3v) is 5.61. The number of halogens is 3. The summed E-state index contributed by atoms with van der Waals surface area (Å²) in [4.78, 5) is 2.28. The van der Waals surface area contributed by atoms with Gasteiger partial charge < -0.3 is 19.7 Å². The van der Waals surface area contributed by atoms with E-state index in [0.717, 1.165) is 61.4 Å². The highest BCUT2D eigenvalue weighted by molar-refractivity contribution is 5.51. The summed E-state index contributed by atoms with van der Waals surface area (Å²) in [6.45, 7) is 8.24. The van der Waals surface area contributed by atoms with Gasteiger partial charge in [0.2, 0.25) is 0 Å². The molecule has 2 aromatic rings. The van der Waals surface area contributed by atoms with Crippen LogP contribution < -0.4 is 14.8 Å². The van der Waals surface area contributed by atoms with E-state index in [-0.39, 0.29) is 6.04 Å². The Kier molecular flexibility index (Phi) is 7.26. The third kappa shape index (κ3) is 5.08. The van der Waals surface area contributed by atoms with Crippen LogP contribution in [0.3, 0.4) is 0 Å². The minimum absolute atomic E-state index is 0.188. The maximum atomic E-state index is 12.9. The first-order valence-electron chi connectivity index (χ1n) is 10.3. The molecule has 164 valence electrons. The number of likely N-dealkylation sites (N-methyl/N-ethyl adjacent to an activating group) is 1. The lowest BCUT2D eigenvalue weighted by molar-refractivity contribution is -0.137. The van der Waals surface area contributed by atoms with E-state index in [1.54, 1.807) is 19.2 Å². The van der Waals surface area contributed by atoms with Gasteiger partial charge in [-0.2, -0.15) is 13.2 Å². The van der Waals surface area contributed by atoms with E-state index in [0.29, 0.717) is 18.1 Å². The minimum atomic E-state index is -4.34. The molecule has 0 amide bonds. The number of rotatable bonds is 8. The van der Waals surface area contributed by atoms with Crippen molar-refractivity contribution in [1.82, 2.24) is 10.2 Å². The average Bonchev–Trinajstić information content (AvgIpc) is 2.75. The Balaban J connectivity index is 1.86. The Labute approximate surface area is 176 Å². The Morgan fingerprint density at radius 1 is 1.07 bits per heavy atom. The Hall–Kier alpha value is -2.25. The van der Waals surface area contributed by atoms with E-state index in [4.69, 9.17) is 9.47 Å². The monoisotopic (exact) mass is 422 g/mol. The fourth-order valence-electron chi connectivity index (χ4n) is 3.82. The number of ether oxygens (including phenoxy) is 2. The van der Waals surface area contributed by atoms with E-state index in [9.17, 15) is 13.2 Å². The van der Waals surface area contributed by atoms with Crippen LogP contribution in [0.25, 0.3) is 0 Å². The van der Waals surface area contributed by atoms with Gasteiger partial charge in [0.15, 0.2) is 11.5 Å². The molecular formula is C23H29F3N2O2.